The number of hydrogen-bond acceptors (Lipinski definition) is 4. The first-order chi connectivity index (χ1) is 15.7. The number of aryl methyl sites for hydroxylation is 2. The number of nitrogens with one attached hydrogen (secondary N) is 1. The number of ether oxygens (including phenoxy) is 1. The Kier molecular flexibility index (Phi) is 6.14. The summed E-state index contributed by atoms with van der Waals surface area (Å²) >= 11 is 0. The van der Waals surface area contributed by atoms with Crippen molar-refractivity contribution in [3.8, 4) is 5.75 Å². The molecule has 1 atom stereocenters. The summed E-state index contributed by atoms with van der Waals surface area (Å²) in [5, 5.41) is 7.35. The Balaban J connectivity index is 1.39. The second-order valence-electron chi connectivity index (χ2n) is 9.23. The van der Waals surface area contributed by atoms with Crippen LogP contribution in [0.4, 0.5) is 0 Å². The Morgan fingerprint density at radius 2 is 2.00 bits per heavy atom. The molecule has 1 fully saturated rings. The molecule has 5 rings (SSSR count). The predicted molar refractivity (Wildman–Crippen MR) is 121 cm³/mol. The summed E-state index contributed by atoms with van der Waals surface area (Å²) < 4.78 is 5.96. The molecule has 170 valence electrons. The van der Waals surface area contributed by atoms with Gasteiger partial charge in [-0.15, -0.1) is 0 Å². The quantitative estimate of drug-likeness (QED) is 0.745. The van der Waals surface area contributed by atoms with Gasteiger partial charge in [0.15, 0.2) is 5.69 Å². The lowest BCUT2D eigenvalue weighted by molar-refractivity contribution is -0.135. The third-order valence-electron chi connectivity index (χ3n) is 7.08. The van der Waals surface area contributed by atoms with Crippen LogP contribution in [0.5, 0.6) is 5.75 Å². The molecule has 0 saturated carbocycles. The SMILES string of the molecule is O=C(c1n[nH]c2c1CCC2)N1CCCOc2cccc(c2)CCC2CCCCN2C(=O)C1. The molecule has 32 heavy (non-hydrogen) atoms. The zero-order valence-electron chi connectivity index (χ0n) is 18.6. The summed E-state index contributed by atoms with van der Waals surface area (Å²) in [5.74, 6) is 0.793. The molecule has 1 saturated heterocycles. The van der Waals surface area contributed by atoms with Crippen molar-refractivity contribution in [3.63, 3.8) is 0 Å². The number of carbonyl (C=O) groups excluding carboxylic acids is 2. The van der Waals surface area contributed by atoms with Gasteiger partial charge in [0.1, 0.15) is 12.3 Å². The molecule has 0 spiro atoms. The first-order valence-electron chi connectivity index (χ1n) is 12.1. The molecule has 1 aliphatic carbocycles. The zero-order chi connectivity index (χ0) is 21.9. The Bertz CT molecular complexity index is 985. The molecule has 1 unspecified atom stereocenters. The number of amides is 2. The van der Waals surface area contributed by atoms with E-state index in [1.807, 2.05) is 17.0 Å². The first-order valence-corrected chi connectivity index (χ1v) is 12.1. The largest absolute Gasteiger partial charge is 0.494 e. The lowest BCUT2D eigenvalue weighted by Gasteiger charge is -2.37. The van der Waals surface area contributed by atoms with Gasteiger partial charge in [-0.2, -0.15) is 5.10 Å². The number of aromatic nitrogens is 2. The fourth-order valence-electron chi connectivity index (χ4n) is 5.35. The number of benzene rings is 1. The summed E-state index contributed by atoms with van der Waals surface area (Å²) in [6.45, 7) is 1.88. The zero-order valence-corrected chi connectivity index (χ0v) is 18.6. The predicted octanol–water partition coefficient (Wildman–Crippen LogP) is 3.14. The number of H-pyrrole nitrogens is 1. The van der Waals surface area contributed by atoms with Crippen molar-refractivity contribution in [1.29, 1.82) is 0 Å². The van der Waals surface area contributed by atoms with Crippen LogP contribution < -0.4 is 4.74 Å². The van der Waals surface area contributed by atoms with E-state index >= 15 is 0 Å². The van der Waals surface area contributed by atoms with Crippen molar-refractivity contribution in [2.45, 2.75) is 63.8 Å². The monoisotopic (exact) mass is 436 g/mol. The average Bonchev–Trinajstić information content (AvgIpc) is 3.43. The molecule has 1 N–H and O–H groups in total. The highest BCUT2D eigenvalue weighted by Crippen LogP contribution is 2.26. The standard InChI is InChI=1S/C25H32N4O3/c30-23-17-28(25(31)24-21-9-4-10-22(21)26-27-24)13-5-15-32-20-8-3-6-18(16-20)11-12-19-7-1-2-14-29(19)23/h3,6,8,16,19H,1-2,4-5,7,9-15,17H2,(H,26,27). The lowest BCUT2D eigenvalue weighted by Crippen LogP contribution is -2.49. The second-order valence-corrected chi connectivity index (χ2v) is 9.23. The first kappa shape index (κ1) is 21.0. The normalized spacial score (nSPS) is 22.0. The van der Waals surface area contributed by atoms with Crippen LogP contribution in [0, 0.1) is 0 Å². The summed E-state index contributed by atoms with van der Waals surface area (Å²) in [7, 11) is 0. The maximum Gasteiger partial charge on any atom is 0.275 e. The third kappa shape index (κ3) is 4.38. The van der Waals surface area contributed by atoms with Gasteiger partial charge in [0.2, 0.25) is 5.91 Å². The number of piperidine rings is 1. The van der Waals surface area contributed by atoms with Crippen LogP contribution >= 0.6 is 0 Å². The number of hydrogen-bond donors (Lipinski definition) is 1. The Hall–Kier alpha value is -2.83. The van der Waals surface area contributed by atoms with Crippen molar-refractivity contribution in [3.05, 3.63) is 46.8 Å². The van der Waals surface area contributed by atoms with Crippen LogP contribution in [0.25, 0.3) is 0 Å². The molecule has 3 heterocycles. The van der Waals surface area contributed by atoms with E-state index in [1.165, 1.54) is 5.56 Å². The highest BCUT2D eigenvalue weighted by molar-refractivity contribution is 5.96. The number of rotatable bonds is 1. The molecule has 2 aromatic rings. The van der Waals surface area contributed by atoms with Crippen molar-refractivity contribution in [1.82, 2.24) is 20.0 Å². The minimum Gasteiger partial charge on any atom is -0.494 e. The van der Waals surface area contributed by atoms with Gasteiger partial charge in [-0.1, -0.05) is 12.1 Å². The molecule has 1 aromatic carbocycles. The van der Waals surface area contributed by atoms with Crippen LogP contribution in [0.1, 0.15) is 65.8 Å². The summed E-state index contributed by atoms with van der Waals surface area (Å²) in [6, 6.07) is 8.50. The Morgan fingerprint density at radius 1 is 1.06 bits per heavy atom. The van der Waals surface area contributed by atoms with Gasteiger partial charge in [0.05, 0.1) is 6.61 Å². The highest BCUT2D eigenvalue weighted by Gasteiger charge is 2.31. The van der Waals surface area contributed by atoms with E-state index in [9.17, 15) is 9.59 Å². The summed E-state index contributed by atoms with van der Waals surface area (Å²) in [6.07, 6.45) is 8.61. The lowest BCUT2D eigenvalue weighted by atomic mass is 9.95. The van der Waals surface area contributed by atoms with Crippen LogP contribution in [-0.4, -0.2) is 64.1 Å². The highest BCUT2D eigenvalue weighted by atomic mass is 16.5. The minimum atomic E-state index is -0.139. The number of carbonyl (C=O) groups is 2. The maximum absolute atomic E-state index is 13.4. The van der Waals surface area contributed by atoms with Gasteiger partial charge in [-0.05, 0) is 75.5 Å². The molecule has 7 heteroatoms. The molecule has 3 aliphatic rings. The number of nitrogens with zero attached hydrogens (tertiary/aromatic N) is 3. The van der Waals surface area contributed by atoms with Gasteiger partial charge >= 0.3 is 0 Å². The average molecular weight is 437 g/mol. The van der Waals surface area contributed by atoms with Crippen molar-refractivity contribution in [2.24, 2.45) is 0 Å². The van der Waals surface area contributed by atoms with Crippen LogP contribution in [0.3, 0.4) is 0 Å². The van der Waals surface area contributed by atoms with Crippen LogP contribution in [0.2, 0.25) is 0 Å². The molecular weight excluding hydrogens is 404 g/mol. The molecular formula is C25H32N4O3. The van der Waals surface area contributed by atoms with E-state index in [0.717, 1.165) is 74.9 Å². The maximum atomic E-state index is 13.4. The van der Waals surface area contributed by atoms with Crippen molar-refractivity contribution in [2.75, 3.05) is 26.2 Å². The number of aromatic amines is 1. The van der Waals surface area contributed by atoms with Gasteiger partial charge in [-0.25, -0.2) is 0 Å². The molecule has 1 aromatic heterocycles. The molecule has 7 nitrogen and oxygen atoms in total. The summed E-state index contributed by atoms with van der Waals surface area (Å²) in [4.78, 5) is 30.5. The van der Waals surface area contributed by atoms with Crippen molar-refractivity contribution >= 4 is 11.8 Å². The van der Waals surface area contributed by atoms with E-state index in [4.69, 9.17) is 4.74 Å². The molecule has 2 amide bonds. The van der Waals surface area contributed by atoms with E-state index in [0.29, 0.717) is 25.3 Å². The van der Waals surface area contributed by atoms with Gasteiger partial charge < -0.3 is 14.5 Å². The molecule has 0 radical (unpaired) electrons. The molecule has 2 bridgehead atoms. The van der Waals surface area contributed by atoms with Crippen LogP contribution in [0.15, 0.2) is 24.3 Å². The van der Waals surface area contributed by atoms with E-state index in [2.05, 4.69) is 22.3 Å². The Labute approximate surface area is 189 Å². The topological polar surface area (TPSA) is 78.5 Å². The van der Waals surface area contributed by atoms with Gasteiger partial charge in [0.25, 0.3) is 5.91 Å². The number of fused-ring (bicyclic) bond motifs is 4. The van der Waals surface area contributed by atoms with Crippen molar-refractivity contribution < 1.29 is 14.3 Å². The second kappa shape index (κ2) is 9.35. The summed E-state index contributed by atoms with van der Waals surface area (Å²) in [5.41, 5.74) is 3.85. The van der Waals surface area contributed by atoms with E-state index in [1.54, 1.807) is 4.90 Å². The fraction of sp³-hybridized carbons (Fsp3) is 0.560. The molecule has 2 aliphatic heterocycles. The van der Waals surface area contributed by atoms with E-state index < -0.39 is 0 Å². The fourth-order valence-corrected chi connectivity index (χ4v) is 5.35. The Morgan fingerprint density at radius 3 is 2.94 bits per heavy atom. The van der Waals surface area contributed by atoms with Gasteiger partial charge in [0, 0.05) is 30.4 Å². The van der Waals surface area contributed by atoms with Gasteiger partial charge in [-0.3, -0.25) is 14.7 Å². The van der Waals surface area contributed by atoms with E-state index in [-0.39, 0.29) is 24.4 Å². The third-order valence-corrected chi connectivity index (χ3v) is 7.08. The van der Waals surface area contributed by atoms with Crippen LogP contribution in [-0.2, 0) is 24.1 Å². The smallest absolute Gasteiger partial charge is 0.275 e. The minimum absolute atomic E-state index is 0.0574.